The minimum atomic E-state index is 0.221. The number of carbonyl (C=O) groups excluding carboxylic acids is 1. The highest BCUT2D eigenvalue weighted by atomic mass is 16.2. The number of nitrogens with zero attached hydrogens (tertiary/aromatic N) is 2. The van der Waals surface area contributed by atoms with Crippen LogP contribution in [0.15, 0.2) is 0 Å². The molecule has 16 heavy (non-hydrogen) atoms. The van der Waals surface area contributed by atoms with Gasteiger partial charge in [0.15, 0.2) is 0 Å². The van der Waals surface area contributed by atoms with Crippen molar-refractivity contribution in [1.82, 2.24) is 15.1 Å². The molecule has 0 aromatic rings. The smallest absolute Gasteiger partial charge is 0.236 e. The van der Waals surface area contributed by atoms with Gasteiger partial charge in [-0.3, -0.25) is 9.69 Å². The van der Waals surface area contributed by atoms with Crippen molar-refractivity contribution < 1.29 is 4.79 Å². The first kappa shape index (κ1) is 13.5. The summed E-state index contributed by atoms with van der Waals surface area (Å²) in [5, 5.41) is 3.36. The number of nitrogens with one attached hydrogen (secondary N) is 1. The van der Waals surface area contributed by atoms with Crippen LogP contribution < -0.4 is 5.32 Å². The molecule has 1 N–H and O–H groups in total. The van der Waals surface area contributed by atoms with Gasteiger partial charge in [0.2, 0.25) is 5.91 Å². The number of carbonyl (C=O) groups is 1. The topological polar surface area (TPSA) is 35.6 Å². The van der Waals surface area contributed by atoms with Gasteiger partial charge in [-0.05, 0) is 45.8 Å². The number of hydrogen-bond acceptors (Lipinski definition) is 3. The average molecular weight is 227 g/mol. The van der Waals surface area contributed by atoms with Gasteiger partial charge in [-0.15, -0.1) is 0 Å². The average Bonchev–Trinajstić information content (AvgIpc) is 2.29. The quantitative estimate of drug-likeness (QED) is 0.738. The van der Waals surface area contributed by atoms with Crippen LogP contribution in [0.25, 0.3) is 0 Å². The van der Waals surface area contributed by atoms with Crippen LogP contribution in [0.2, 0.25) is 0 Å². The van der Waals surface area contributed by atoms with Gasteiger partial charge in [-0.1, -0.05) is 0 Å². The molecule has 0 aromatic heterocycles. The van der Waals surface area contributed by atoms with Crippen LogP contribution in [0, 0.1) is 5.92 Å². The van der Waals surface area contributed by atoms with Gasteiger partial charge in [0.1, 0.15) is 0 Å². The Balaban J connectivity index is 2.23. The van der Waals surface area contributed by atoms with Crippen LogP contribution in [-0.4, -0.2) is 62.5 Å². The molecule has 1 fully saturated rings. The fourth-order valence-corrected chi connectivity index (χ4v) is 2.10. The molecule has 0 aromatic carbocycles. The summed E-state index contributed by atoms with van der Waals surface area (Å²) in [6.45, 7) is 6.65. The molecular weight excluding hydrogens is 202 g/mol. The number of piperidine rings is 1. The predicted molar refractivity (Wildman–Crippen MR) is 66.4 cm³/mol. The van der Waals surface area contributed by atoms with E-state index >= 15 is 0 Å². The van der Waals surface area contributed by atoms with E-state index in [1.165, 1.54) is 12.8 Å². The Kier molecular flexibility index (Phi) is 5.77. The van der Waals surface area contributed by atoms with Crippen molar-refractivity contribution in [1.29, 1.82) is 0 Å². The molecule has 0 aliphatic carbocycles. The Hall–Kier alpha value is -0.610. The zero-order valence-corrected chi connectivity index (χ0v) is 10.8. The van der Waals surface area contributed by atoms with Gasteiger partial charge in [-0.25, -0.2) is 0 Å². The van der Waals surface area contributed by atoms with Crippen molar-refractivity contribution in [2.45, 2.75) is 19.8 Å². The lowest BCUT2D eigenvalue weighted by Crippen LogP contribution is -2.40. The van der Waals surface area contributed by atoms with E-state index < -0.39 is 0 Å². The molecular formula is C12H25N3O. The van der Waals surface area contributed by atoms with Crippen LogP contribution in [0.5, 0.6) is 0 Å². The molecule has 1 aliphatic heterocycles. The minimum absolute atomic E-state index is 0.221. The van der Waals surface area contributed by atoms with E-state index in [1.807, 2.05) is 21.0 Å². The Morgan fingerprint density at radius 1 is 1.31 bits per heavy atom. The Morgan fingerprint density at radius 3 is 2.50 bits per heavy atom. The van der Waals surface area contributed by atoms with Crippen molar-refractivity contribution in [3.63, 3.8) is 0 Å². The first-order chi connectivity index (χ1) is 7.63. The van der Waals surface area contributed by atoms with Gasteiger partial charge >= 0.3 is 0 Å². The molecule has 1 heterocycles. The predicted octanol–water partition coefficient (Wildman–Crippen LogP) is 0.396. The lowest BCUT2D eigenvalue weighted by molar-refractivity contribution is -0.130. The lowest BCUT2D eigenvalue weighted by atomic mass is 9.98. The number of hydrogen-bond donors (Lipinski definition) is 1. The third-order valence-corrected chi connectivity index (χ3v) is 3.33. The van der Waals surface area contributed by atoms with Crippen molar-refractivity contribution in [3.05, 3.63) is 0 Å². The maximum atomic E-state index is 11.7. The zero-order valence-electron chi connectivity index (χ0n) is 10.8. The van der Waals surface area contributed by atoms with Crippen molar-refractivity contribution in [2.75, 3.05) is 46.8 Å². The van der Waals surface area contributed by atoms with Crippen molar-refractivity contribution in [2.24, 2.45) is 5.92 Å². The minimum Gasteiger partial charge on any atom is -0.345 e. The second-order valence-corrected chi connectivity index (χ2v) is 4.80. The van der Waals surface area contributed by atoms with Crippen LogP contribution in [-0.2, 0) is 4.79 Å². The summed E-state index contributed by atoms with van der Waals surface area (Å²) in [5.41, 5.74) is 0. The maximum absolute atomic E-state index is 11.7. The molecule has 0 radical (unpaired) electrons. The molecule has 4 nitrogen and oxygen atoms in total. The van der Waals surface area contributed by atoms with E-state index in [1.54, 1.807) is 4.90 Å². The second kappa shape index (κ2) is 6.86. The molecule has 94 valence electrons. The molecule has 1 rings (SSSR count). The second-order valence-electron chi connectivity index (χ2n) is 4.80. The molecule has 1 aliphatic rings. The lowest BCUT2D eigenvalue weighted by Gasteiger charge is -2.28. The molecule has 0 unspecified atom stereocenters. The van der Waals surface area contributed by atoms with E-state index in [-0.39, 0.29) is 5.91 Å². The van der Waals surface area contributed by atoms with Crippen LogP contribution >= 0.6 is 0 Å². The normalized spacial score (nSPS) is 17.8. The summed E-state index contributed by atoms with van der Waals surface area (Å²) >= 11 is 0. The summed E-state index contributed by atoms with van der Waals surface area (Å²) in [5.74, 6) is 0.977. The maximum Gasteiger partial charge on any atom is 0.236 e. The first-order valence-electron chi connectivity index (χ1n) is 6.26. The van der Waals surface area contributed by atoms with Gasteiger partial charge in [0.05, 0.1) is 6.54 Å². The molecule has 0 spiro atoms. The summed E-state index contributed by atoms with van der Waals surface area (Å²) < 4.78 is 0. The van der Waals surface area contributed by atoms with E-state index in [0.29, 0.717) is 6.54 Å². The molecule has 1 saturated heterocycles. The standard InChI is InChI=1S/C12H25N3O/c1-4-15(3)12(16)10-14(2)9-11-5-7-13-8-6-11/h11,13H,4-10H2,1-3H3. The molecule has 0 saturated carbocycles. The Morgan fingerprint density at radius 2 is 1.94 bits per heavy atom. The highest BCUT2D eigenvalue weighted by molar-refractivity contribution is 5.77. The third kappa shape index (κ3) is 4.49. The van der Waals surface area contributed by atoms with Gasteiger partial charge in [-0.2, -0.15) is 0 Å². The zero-order chi connectivity index (χ0) is 12.0. The third-order valence-electron chi connectivity index (χ3n) is 3.33. The Labute approximate surface area is 99.0 Å². The SMILES string of the molecule is CCN(C)C(=O)CN(C)CC1CCNCC1. The summed E-state index contributed by atoms with van der Waals surface area (Å²) in [6, 6.07) is 0. The van der Waals surface area contributed by atoms with Gasteiger partial charge in [0.25, 0.3) is 0 Å². The van der Waals surface area contributed by atoms with Gasteiger partial charge < -0.3 is 10.2 Å². The first-order valence-corrected chi connectivity index (χ1v) is 6.26. The fourth-order valence-electron chi connectivity index (χ4n) is 2.10. The number of likely N-dealkylation sites (N-methyl/N-ethyl adjacent to an activating group) is 2. The molecule has 0 atom stereocenters. The van der Waals surface area contributed by atoms with Crippen LogP contribution in [0.1, 0.15) is 19.8 Å². The summed E-state index contributed by atoms with van der Waals surface area (Å²) in [7, 11) is 3.91. The van der Waals surface area contributed by atoms with Gasteiger partial charge in [0, 0.05) is 20.1 Å². The molecule has 4 heteroatoms. The summed E-state index contributed by atoms with van der Waals surface area (Å²) in [4.78, 5) is 15.6. The summed E-state index contributed by atoms with van der Waals surface area (Å²) in [6.07, 6.45) is 2.48. The van der Waals surface area contributed by atoms with E-state index in [2.05, 4.69) is 10.2 Å². The highest BCUT2D eigenvalue weighted by Gasteiger charge is 2.17. The largest absolute Gasteiger partial charge is 0.345 e. The van der Waals surface area contributed by atoms with Crippen molar-refractivity contribution >= 4 is 5.91 Å². The van der Waals surface area contributed by atoms with E-state index in [9.17, 15) is 4.79 Å². The molecule has 0 bridgehead atoms. The van der Waals surface area contributed by atoms with Crippen LogP contribution in [0.3, 0.4) is 0 Å². The van der Waals surface area contributed by atoms with E-state index in [4.69, 9.17) is 0 Å². The Bertz CT molecular complexity index is 214. The highest BCUT2D eigenvalue weighted by Crippen LogP contribution is 2.12. The molecule has 1 amide bonds. The monoisotopic (exact) mass is 227 g/mol. The number of rotatable bonds is 5. The van der Waals surface area contributed by atoms with Crippen molar-refractivity contribution in [3.8, 4) is 0 Å². The van der Waals surface area contributed by atoms with Crippen LogP contribution in [0.4, 0.5) is 0 Å². The number of amides is 1. The van der Waals surface area contributed by atoms with E-state index in [0.717, 1.165) is 32.1 Å². The fraction of sp³-hybridized carbons (Fsp3) is 0.917.